The van der Waals surface area contributed by atoms with E-state index in [9.17, 15) is 9.18 Å². The van der Waals surface area contributed by atoms with Crippen molar-refractivity contribution in [3.63, 3.8) is 0 Å². The highest BCUT2D eigenvalue weighted by Crippen LogP contribution is 2.19. The first kappa shape index (κ1) is 24.1. The lowest BCUT2D eigenvalue weighted by molar-refractivity contribution is 0.216. The van der Waals surface area contributed by atoms with Crippen LogP contribution in [0.1, 0.15) is 19.4 Å². The molecule has 8 nitrogen and oxygen atoms in total. The maximum Gasteiger partial charge on any atom is 0.251 e. The number of nitrogens with one attached hydrogen (secondary N) is 1. The molecule has 0 aliphatic carbocycles. The van der Waals surface area contributed by atoms with E-state index >= 15 is 0 Å². The van der Waals surface area contributed by atoms with E-state index in [1.54, 1.807) is 68.4 Å². The number of benzene rings is 1. The van der Waals surface area contributed by atoms with E-state index in [4.69, 9.17) is 16.7 Å². The minimum atomic E-state index is -0.511. The minimum absolute atomic E-state index is 0.0516. The first-order valence-electron chi connectivity index (χ1n) is 10.1. The maximum atomic E-state index is 13.6. The highest BCUT2D eigenvalue weighted by atomic mass is 35.5. The zero-order valence-corrected chi connectivity index (χ0v) is 19.2. The Morgan fingerprint density at radius 3 is 2.55 bits per heavy atom. The van der Waals surface area contributed by atoms with Crippen molar-refractivity contribution in [1.29, 1.82) is 0 Å². The molecule has 3 heterocycles. The molecule has 0 fully saturated rings. The zero-order chi connectivity index (χ0) is 24.0. The average Bonchev–Trinajstić information content (AvgIpc) is 3.16. The Morgan fingerprint density at radius 2 is 1.91 bits per heavy atom. The van der Waals surface area contributed by atoms with Crippen LogP contribution in [0.2, 0.25) is 5.02 Å². The van der Waals surface area contributed by atoms with E-state index in [0.29, 0.717) is 22.8 Å². The van der Waals surface area contributed by atoms with Crippen molar-refractivity contribution in [2.24, 2.45) is 7.05 Å². The van der Waals surface area contributed by atoms with Crippen molar-refractivity contribution >= 4 is 23.4 Å². The summed E-state index contributed by atoms with van der Waals surface area (Å²) < 4.78 is 16.8. The lowest BCUT2D eigenvalue weighted by atomic mass is 10.2. The molecule has 3 aromatic heterocycles. The molecule has 0 unspecified atom stereocenters. The monoisotopic (exact) mass is 470 g/mol. The van der Waals surface area contributed by atoms with E-state index in [1.165, 1.54) is 22.8 Å². The second kappa shape index (κ2) is 10.8. The number of hydrogen-bond acceptors (Lipinski definition) is 6. The summed E-state index contributed by atoms with van der Waals surface area (Å²) >= 11 is 5.70. The van der Waals surface area contributed by atoms with E-state index in [0.717, 1.165) is 5.82 Å². The first-order chi connectivity index (χ1) is 15.7. The first-order valence-corrected chi connectivity index (χ1v) is 10.5. The molecule has 0 atom stereocenters. The van der Waals surface area contributed by atoms with Gasteiger partial charge in [0.2, 0.25) is 5.95 Å². The Kier molecular flexibility index (Phi) is 7.92. The van der Waals surface area contributed by atoms with Crippen LogP contribution in [0.5, 0.6) is 0 Å². The van der Waals surface area contributed by atoms with Crippen molar-refractivity contribution in [3.05, 3.63) is 87.8 Å². The van der Waals surface area contributed by atoms with Gasteiger partial charge in [0.15, 0.2) is 0 Å². The molecule has 0 saturated carbocycles. The summed E-state index contributed by atoms with van der Waals surface area (Å²) in [6.45, 7) is 3.68. The Morgan fingerprint density at radius 1 is 1.15 bits per heavy atom. The van der Waals surface area contributed by atoms with Gasteiger partial charge in [0.25, 0.3) is 5.56 Å². The Labute approximate surface area is 195 Å². The maximum absolute atomic E-state index is 13.6. The lowest BCUT2D eigenvalue weighted by Gasteiger charge is -2.09. The number of anilines is 2. The molecule has 0 aliphatic heterocycles. The van der Waals surface area contributed by atoms with Gasteiger partial charge in [0, 0.05) is 43.2 Å². The smallest absolute Gasteiger partial charge is 0.251 e. The number of halogens is 2. The number of nitrogens with zero attached hydrogens (tertiary/aromatic N) is 5. The molecular formula is C23H24ClFN6O2. The summed E-state index contributed by atoms with van der Waals surface area (Å²) in [7, 11) is 1.80. The third-order valence-corrected chi connectivity index (χ3v) is 4.65. The van der Waals surface area contributed by atoms with Gasteiger partial charge < -0.3 is 15.0 Å². The Hall–Kier alpha value is -3.56. The predicted octanol–water partition coefficient (Wildman–Crippen LogP) is 4.01. The molecule has 0 amide bonds. The number of hydrogen-bond donors (Lipinski definition) is 2. The average molecular weight is 471 g/mol. The molecule has 2 N–H and O–H groups in total. The van der Waals surface area contributed by atoms with Gasteiger partial charge in [-0.3, -0.25) is 9.48 Å². The van der Waals surface area contributed by atoms with Crippen LogP contribution in [-0.4, -0.2) is 35.5 Å². The second-order valence-corrected chi connectivity index (χ2v) is 7.86. The molecule has 1 aromatic carbocycles. The Balaban J connectivity index is 0.000000709. The van der Waals surface area contributed by atoms with Crippen molar-refractivity contribution < 1.29 is 9.50 Å². The number of aliphatic hydroxyl groups is 1. The number of aromatic nitrogens is 5. The fraction of sp³-hybridized carbons (Fsp3) is 0.217. The molecule has 0 saturated heterocycles. The zero-order valence-electron chi connectivity index (χ0n) is 18.4. The highest BCUT2D eigenvalue weighted by Gasteiger charge is 2.08. The van der Waals surface area contributed by atoms with Crippen molar-refractivity contribution in [2.75, 3.05) is 5.32 Å². The van der Waals surface area contributed by atoms with Crippen molar-refractivity contribution in [2.45, 2.75) is 26.5 Å². The highest BCUT2D eigenvalue weighted by molar-refractivity contribution is 6.30. The third kappa shape index (κ3) is 6.71. The summed E-state index contributed by atoms with van der Waals surface area (Å²) in [5.41, 5.74) is 1.68. The van der Waals surface area contributed by atoms with Crippen LogP contribution >= 0.6 is 11.6 Å². The molecule has 4 aromatic rings. The summed E-state index contributed by atoms with van der Waals surface area (Å²) in [5, 5.41) is 15.3. The lowest BCUT2D eigenvalue weighted by Crippen LogP contribution is -2.19. The van der Waals surface area contributed by atoms with Gasteiger partial charge in [-0.1, -0.05) is 17.7 Å². The van der Waals surface area contributed by atoms with Gasteiger partial charge in [-0.15, -0.1) is 0 Å². The van der Waals surface area contributed by atoms with Crippen molar-refractivity contribution in [3.8, 4) is 11.3 Å². The van der Waals surface area contributed by atoms with Gasteiger partial charge in [0.1, 0.15) is 11.6 Å². The minimum Gasteiger partial charge on any atom is -0.394 e. The molecular weight excluding hydrogens is 447 g/mol. The van der Waals surface area contributed by atoms with Crippen LogP contribution in [0.3, 0.4) is 0 Å². The standard InChI is InChI=1S/C20H16ClFN6O.C3H8O/c1-27-18(5-8-24-27)26-20-23-7-4-17(25-20)14-6-9-28(19(29)11-14)12-13-2-3-15(21)16(22)10-13;1-3(2)4/h2-11H,12H2,1H3,(H,23,25,26);3-4H,1-2H3. The fourth-order valence-corrected chi connectivity index (χ4v) is 2.94. The van der Waals surface area contributed by atoms with Crippen LogP contribution in [0.4, 0.5) is 16.2 Å². The molecule has 33 heavy (non-hydrogen) atoms. The SMILES string of the molecule is CC(C)O.Cn1nccc1Nc1nccc(-c2ccn(Cc3ccc(Cl)c(F)c3)c(=O)c2)n1. The predicted molar refractivity (Wildman–Crippen MR) is 126 cm³/mol. The largest absolute Gasteiger partial charge is 0.394 e. The van der Waals surface area contributed by atoms with Crippen LogP contribution in [-0.2, 0) is 13.6 Å². The summed E-state index contributed by atoms with van der Waals surface area (Å²) in [5.74, 6) is 0.628. The van der Waals surface area contributed by atoms with Crippen molar-refractivity contribution in [1.82, 2.24) is 24.3 Å². The quantitative estimate of drug-likeness (QED) is 0.457. The third-order valence-electron chi connectivity index (χ3n) is 4.35. The number of aryl methyl sites for hydroxylation is 1. The molecule has 0 radical (unpaired) electrons. The fourth-order valence-electron chi connectivity index (χ4n) is 2.82. The summed E-state index contributed by atoms with van der Waals surface area (Å²) in [4.78, 5) is 21.2. The molecule has 172 valence electrons. The summed E-state index contributed by atoms with van der Waals surface area (Å²) in [6.07, 6.45) is 4.77. The van der Waals surface area contributed by atoms with E-state index < -0.39 is 5.82 Å². The van der Waals surface area contributed by atoms with Crippen LogP contribution in [0.25, 0.3) is 11.3 Å². The topological polar surface area (TPSA) is 97.9 Å². The molecule has 0 bridgehead atoms. The van der Waals surface area contributed by atoms with Crippen LogP contribution in [0, 0.1) is 5.82 Å². The van der Waals surface area contributed by atoms with E-state index in [1.807, 2.05) is 0 Å². The van der Waals surface area contributed by atoms with Gasteiger partial charge in [-0.25, -0.2) is 14.4 Å². The van der Waals surface area contributed by atoms with Gasteiger partial charge in [-0.2, -0.15) is 5.10 Å². The molecule has 0 aliphatic rings. The normalized spacial score (nSPS) is 10.6. The molecule has 10 heteroatoms. The summed E-state index contributed by atoms with van der Waals surface area (Å²) in [6, 6.07) is 11.3. The van der Waals surface area contributed by atoms with Gasteiger partial charge >= 0.3 is 0 Å². The van der Waals surface area contributed by atoms with Gasteiger partial charge in [0.05, 0.1) is 23.5 Å². The van der Waals surface area contributed by atoms with E-state index in [2.05, 4.69) is 20.4 Å². The van der Waals surface area contributed by atoms with Crippen LogP contribution < -0.4 is 10.9 Å². The molecule has 4 rings (SSSR count). The van der Waals surface area contributed by atoms with E-state index in [-0.39, 0.29) is 23.2 Å². The van der Waals surface area contributed by atoms with Crippen LogP contribution in [0.15, 0.2) is 65.8 Å². The number of rotatable bonds is 5. The Bertz CT molecular complexity index is 1290. The molecule has 0 spiro atoms. The second-order valence-electron chi connectivity index (χ2n) is 7.45. The number of aliphatic hydroxyl groups excluding tert-OH is 1. The number of pyridine rings is 1. The van der Waals surface area contributed by atoms with Gasteiger partial charge in [-0.05, 0) is 43.7 Å².